The molecule has 0 amide bonds. The molecule has 0 fully saturated rings. The van der Waals surface area contributed by atoms with E-state index in [0.717, 1.165) is 22.9 Å². The molecule has 1 heterocycles. The molecule has 0 aliphatic rings. The molecule has 168 valence electrons. The van der Waals surface area contributed by atoms with Crippen molar-refractivity contribution in [2.45, 2.75) is 36.6 Å². The first kappa shape index (κ1) is 23.5. The monoisotopic (exact) mass is 454 g/mol. The highest BCUT2D eigenvalue weighted by atomic mass is 32.2. The second kappa shape index (κ2) is 11.0. The fraction of sp³-hybridized carbons (Fsp3) is 0.292. The minimum atomic E-state index is -3.96. The Morgan fingerprint density at radius 2 is 1.91 bits per heavy atom. The van der Waals surface area contributed by atoms with Gasteiger partial charge in [-0.1, -0.05) is 30.0 Å². The van der Waals surface area contributed by atoms with Crippen molar-refractivity contribution < 1.29 is 23.1 Å². The van der Waals surface area contributed by atoms with Crippen molar-refractivity contribution in [3.63, 3.8) is 0 Å². The number of methoxy groups -OCH3 is 1. The summed E-state index contributed by atoms with van der Waals surface area (Å²) < 4.78 is 33.1. The number of para-hydroxylation sites is 1. The molecule has 0 aliphatic carbocycles. The molecular weight excluding hydrogens is 428 g/mol. The van der Waals surface area contributed by atoms with Crippen molar-refractivity contribution in [2.75, 3.05) is 13.7 Å². The Bertz CT molecular complexity index is 1220. The smallest absolute Gasteiger partial charge is 0.324 e. The van der Waals surface area contributed by atoms with Crippen LogP contribution >= 0.6 is 0 Å². The van der Waals surface area contributed by atoms with E-state index in [2.05, 4.69) is 21.5 Å². The first-order valence-corrected chi connectivity index (χ1v) is 11.8. The number of carbonyl (C=O) groups excluding carboxylic acids is 1. The number of ether oxygens (including phenoxy) is 1. The summed E-state index contributed by atoms with van der Waals surface area (Å²) in [5, 5.41) is 9.70. The van der Waals surface area contributed by atoms with Crippen LogP contribution in [0.15, 0.2) is 59.6 Å². The number of unbranched alkanes of at least 4 members (excludes halogenated alkanes) is 2. The highest BCUT2D eigenvalue weighted by Gasteiger charge is 2.27. The molecule has 8 heteroatoms. The Hall–Kier alpha value is -3.12. The second-order valence-corrected chi connectivity index (χ2v) is 8.98. The van der Waals surface area contributed by atoms with E-state index in [0.29, 0.717) is 18.4 Å². The van der Waals surface area contributed by atoms with Gasteiger partial charge in [0.1, 0.15) is 6.04 Å². The maximum absolute atomic E-state index is 12.9. The third-order valence-corrected chi connectivity index (χ3v) is 6.48. The average Bonchev–Trinajstić information content (AvgIpc) is 3.21. The van der Waals surface area contributed by atoms with Gasteiger partial charge < -0.3 is 14.8 Å². The summed E-state index contributed by atoms with van der Waals surface area (Å²) in [6.45, 7) is 0.147. The van der Waals surface area contributed by atoms with Crippen LogP contribution in [0, 0.1) is 11.8 Å². The van der Waals surface area contributed by atoms with Crippen molar-refractivity contribution in [3.8, 4) is 11.8 Å². The first-order chi connectivity index (χ1) is 15.4. The highest BCUT2D eigenvalue weighted by Crippen LogP contribution is 2.20. The normalized spacial score (nSPS) is 12.2. The van der Waals surface area contributed by atoms with Crippen molar-refractivity contribution in [1.82, 2.24) is 9.71 Å². The van der Waals surface area contributed by atoms with Crippen LogP contribution in [0.1, 0.15) is 30.4 Å². The van der Waals surface area contributed by atoms with Crippen LogP contribution in [-0.4, -0.2) is 44.2 Å². The maximum Gasteiger partial charge on any atom is 0.324 e. The third kappa shape index (κ3) is 5.98. The molecule has 32 heavy (non-hydrogen) atoms. The lowest BCUT2D eigenvalue weighted by molar-refractivity contribution is -0.142. The van der Waals surface area contributed by atoms with Gasteiger partial charge in [0.2, 0.25) is 10.0 Å². The predicted octanol–water partition coefficient (Wildman–Crippen LogP) is 2.74. The van der Waals surface area contributed by atoms with Gasteiger partial charge in [0.15, 0.2) is 0 Å². The number of H-pyrrole nitrogens is 1. The molecule has 0 bridgehead atoms. The van der Waals surface area contributed by atoms with Gasteiger partial charge in [0.05, 0.1) is 12.0 Å². The van der Waals surface area contributed by atoms with E-state index in [-0.39, 0.29) is 17.9 Å². The molecule has 0 saturated heterocycles. The zero-order valence-corrected chi connectivity index (χ0v) is 18.6. The van der Waals surface area contributed by atoms with Gasteiger partial charge in [-0.05, 0) is 48.7 Å². The summed E-state index contributed by atoms with van der Waals surface area (Å²) in [6.07, 6.45) is 4.09. The zero-order valence-electron chi connectivity index (χ0n) is 17.8. The van der Waals surface area contributed by atoms with Crippen molar-refractivity contribution in [1.29, 1.82) is 0 Å². The fourth-order valence-electron chi connectivity index (χ4n) is 3.30. The van der Waals surface area contributed by atoms with Crippen LogP contribution in [0.4, 0.5) is 0 Å². The Morgan fingerprint density at radius 3 is 2.62 bits per heavy atom. The summed E-state index contributed by atoms with van der Waals surface area (Å²) in [7, 11) is -2.73. The van der Waals surface area contributed by atoms with E-state index < -0.39 is 22.0 Å². The van der Waals surface area contributed by atoms with E-state index in [1.165, 1.54) is 19.2 Å². The van der Waals surface area contributed by atoms with Crippen molar-refractivity contribution in [2.24, 2.45) is 0 Å². The van der Waals surface area contributed by atoms with Gasteiger partial charge in [-0.25, -0.2) is 8.42 Å². The number of aromatic amines is 1. The lowest BCUT2D eigenvalue weighted by atomic mass is 10.1. The van der Waals surface area contributed by atoms with E-state index in [1.807, 2.05) is 24.3 Å². The number of esters is 1. The standard InChI is InChI=1S/C24H26N2O5S/c1-31-24(28)23(16-19-17-25-22-10-6-5-9-21(19)22)26-32(29,30)20-13-11-18(12-14-20)8-4-2-3-7-15-27/h5-6,9-14,17,23,25-27H,2-3,7,15-16H2,1H3/t23-/m1/s1. The number of fused-ring (bicyclic) bond motifs is 1. The third-order valence-electron chi connectivity index (χ3n) is 4.99. The molecule has 3 aromatic rings. The number of sulfonamides is 1. The minimum absolute atomic E-state index is 0.0381. The number of aliphatic hydroxyl groups is 1. The summed E-state index contributed by atoms with van der Waals surface area (Å²) in [5.41, 5.74) is 2.41. The molecule has 0 spiro atoms. The fourth-order valence-corrected chi connectivity index (χ4v) is 4.48. The van der Waals surface area contributed by atoms with Gasteiger partial charge in [-0.2, -0.15) is 4.72 Å². The molecule has 1 aromatic heterocycles. The second-order valence-electron chi connectivity index (χ2n) is 7.27. The molecule has 1 atom stereocenters. The molecular formula is C24H26N2O5S. The molecule has 0 saturated carbocycles. The molecule has 3 N–H and O–H groups in total. The summed E-state index contributed by atoms with van der Waals surface area (Å²) >= 11 is 0. The largest absolute Gasteiger partial charge is 0.468 e. The zero-order chi connectivity index (χ0) is 23.0. The Kier molecular flexibility index (Phi) is 8.06. The summed E-state index contributed by atoms with van der Waals surface area (Å²) in [5.74, 6) is 5.31. The topological polar surface area (TPSA) is 108 Å². The molecule has 7 nitrogen and oxygen atoms in total. The van der Waals surface area contributed by atoms with Crippen LogP contribution in [0.3, 0.4) is 0 Å². The average molecular weight is 455 g/mol. The maximum atomic E-state index is 12.9. The van der Waals surface area contributed by atoms with Crippen molar-refractivity contribution >= 4 is 26.9 Å². The number of hydrogen-bond acceptors (Lipinski definition) is 5. The predicted molar refractivity (Wildman–Crippen MR) is 122 cm³/mol. The van der Waals surface area contributed by atoms with Gasteiger partial charge in [0, 0.05) is 42.1 Å². The lowest BCUT2D eigenvalue weighted by Gasteiger charge is -2.16. The van der Waals surface area contributed by atoms with Gasteiger partial charge in [-0.3, -0.25) is 4.79 Å². The highest BCUT2D eigenvalue weighted by molar-refractivity contribution is 7.89. The first-order valence-electron chi connectivity index (χ1n) is 10.3. The number of rotatable bonds is 9. The molecule has 0 radical (unpaired) electrons. The Labute approximate surface area is 187 Å². The SMILES string of the molecule is COC(=O)[C@@H](Cc1c[nH]c2ccccc12)NS(=O)(=O)c1ccc(C#CCCCCO)cc1. The number of aliphatic hydroxyl groups excluding tert-OH is 1. The molecule has 3 rings (SSSR count). The summed E-state index contributed by atoms with van der Waals surface area (Å²) in [6, 6.07) is 12.7. The molecule has 0 unspecified atom stereocenters. The number of benzene rings is 2. The van der Waals surface area contributed by atoms with Crippen LogP contribution in [0.25, 0.3) is 10.9 Å². The van der Waals surface area contributed by atoms with E-state index in [9.17, 15) is 13.2 Å². The number of hydrogen-bond donors (Lipinski definition) is 3. The number of aromatic nitrogens is 1. The van der Waals surface area contributed by atoms with E-state index in [1.54, 1.807) is 18.3 Å². The Balaban J connectivity index is 1.74. The van der Waals surface area contributed by atoms with Crippen LogP contribution < -0.4 is 4.72 Å². The van der Waals surface area contributed by atoms with Gasteiger partial charge in [-0.15, -0.1) is 0 Å². The van der Waals surface area contributed by atoms with Crippen LogP contribution in [0.5, 0.6) is 0 Å². The van der Waals surface area contributed by atoms with Crippen LogP contribution in [-0.2, 0) is 26.0 Å². The quantitative estimate of drug-likeness (QED) is 0.262. The summed E-state index contributed by atoms with van der Waals surface area (Å²) in [4.78, 5) is 15.5. The molecule has 2 aromatic carbocycles. The molecule has 0 aliphatic heterocycles. The van der Waals surface area contributed by atoms with Crippen LogP contribution in [0.2, 0.25) is 0 Å². The van der Waals surface area contributed by atoms with E-state index >= 15 is 0 Å². The number of nitrogens with one attached hydrogen (secondary N) is 2. The van der Waals surface area contributed by atoms with E-state index in [4.69, 9.17) is 9.84 Å². The van der Waals surface area contributed by atoms with Gasteiger partial charge >= 0.3 is 5.97 Å². The minimum Gasteiger partial charge on any atom is -0.468 e. The Morgan fingerprint density at radius 1 is 1.16 bits per heavy atom. The lowest BCUT2D eigenvalue weighted by Crippen LogP contribution is -2.42. The van der Waals surface area contributed by atoms with Gasteiger partial charge in [0.25, 0.3) is 0 Å². The number of carbonyl (C=O) groups is 1. The van der Waals surface area contributed by atoms with Crippen molar-refractivity contribution in [3.05, 3.63) is 65.9 Å².